The third-order valence-electron chi connectivity index (χ3n) is 1.91. The third kappa shape index (κ3) is 1.45. The lowest BCUT2D eigenvalue weighted by molar-refractivity contribution is 1.21. The molecule has 3 heteroatoms. The molecule has 0 aromatic carbocycles. The van der Waals surface area contributed by atoms with Gasteiger partial charge in [0.2, 0.25) is 0 Å². The zero-order valence-corrected chi connectivity index (χ0v) is 7.49. The predicted octanol–water partition coefficient (Wildman–Crippen LogP) is 2.06. The summed E-state index contributed by atoms with van der Waals surface area (Å²) in [5.41, 5.74) is 2.05. The van der Waals surface area contributed by atoms with Gasteiger partial charge in [-0.2, -0.15) is 0 Å². The number of fused-ring (bicyclic) bond motifs is 1. The highest BCUT2D eigenvalue weighted by atomic mass is 14.9. The fourth-order valence-corrected chi connectivity index (χ4v) is 1.34. The van der Waals surface area contributed by atoms with Crippen LogP contribution in [0.15, 0.2) is 30.7 Å². The Morgan fingerprint density at radius 1 is 1.31 bits per heavy atom. The standard InChI is InChI=1S/C10H11N3/c1-2-12-9-4-6-13-10-7-11-5-3-8(9)10/h3-7H,2H2,1H3,(H,12,13). The second-order valence-electron chi connectivity index (χ2n) is 2.78. The number of aromatic nitrogens is 2. The number of hydrogen-bond acceptors (Lipinski definition) is 3. The largest absolute Gasteiger partial charge is 0.385 e. The molecule has 0 fully saturated rings. The minimum atomic E-state index is 0.918. The minimum absolute atomic E-state index is 0.918. The summed E-state index contributed by atoms with van der Waals surface area (Å²) in [5, 5.41) is 4.41. The van der Waals surface area contributed by atoms with Gasteiger partial charge in [0, 0.05) is 30.0 Å². The molecule has 0 bridgehead atoms. The summed E-state index contributed by atoms with van der Waals surface area (Å²) in [6.45, 7) is 2.99. The first-order valence-electron chi connectivity index (χ1n) is 4.34. The molecule has 2 aromatic heterocycles. The van der Waals surface area contributed by atoms with E-state index in [4.69, 9.17) is 0 Å². The van der Waals surface area contributed by atoms with Crippen LogP contribution in [0.4, 0.5) is 5.69 Å². The zero-order valence-electron chi connectivity index (χ0n) is 7.49. The highest BCUT2D eigenvalue weighted by Crippen LogP contribution is 2.19. The summed E-state index contributed by atoms with van der Waals surface area (Å²) in [4.78, 5) is 8.25. The second-order valence-corrected chi connectivity index (χ2v) is 2.78. The fraction of sp³-hybridized carbons (Fsp3) is 0.200. The average molecular weight is 173 g/mol. The SMILES string of the molecule is CCNc1ccnc2cnccc12. The van der Waals surface area contributed by atoms with Crippen molar-refractivity contribution in [2.45, 2.75) is 6.92 Å². The van der Waals surface area contributed by atoms with E-state index in [1.54, 1.807) is 18.6 Å². The normalized spacial score (nSPS) is 10.2. The van der Waals surface area contributed by atoms with Gasteiger partial charge in [-0.15, -0.1) is 0 Å². The van der Waals surface area contributed by atoms with Crippen molar-refractivity contribution in [1.82, 2.24) is 9.97 Å². The molecule has 0 radical (unpaired) electrons. The molecule has 0 aliphatic heterocycles. The van der Waals surface area contributed by atoms with Crippen molar-refractivity contribution in [1.29, 1.82) is 0 Å². The highest BCUT2D eigenvalue weighted by Gasteiger charge is 1.98. The number of nitrogens with zero attached hydrogens (tertiary/aromatic N) is 2. The second kappa shape index (κ2) is 3.39. The molecule has 0 unspecified atom stereocenters. The van der Waals surface area contributed by atoms with Gasteiger partial charge in [0.15, 0.2) is 0 Å². The summed E-state index contributed by atoms with van der Waals surface area (Å²) in [6.07, 6.45) is 5.35. The monoisotopic (exact) mass is 173 g/mol. The minimum Gasteiger partial charge on any atom is -0.385 e. The first kappa shape index (κ1) is 7.98. The lowest BCUT2D eigenvalue weighted by Gasteiger charge is -2.05. The maximum atomic E-state index is 4.22. The number of rotatable bonds is 2. The van der Waals surface area contributed by atoms with Crippen LogP contribution in [0.1, 0.15) is 6.92 Å². The molecule has 0 aliphatic rings. The molecule has 2 heterocycles. The summed E-state index contributed by atoms with van der Waals surface area (Å²) >= 11 is 0. The van der Waals surface area contributed by atoms with E-state index in [9.17, 15) is 0 Å². The molecule has 0 spiro atoms. The molecule has 66 valence electrons. The molecule has 2 aromatic rings. The Morgan fingerprint density at radius 2 is 2.23 bits per heavy atom. The summed E-state index contributed by atoms with van der Waals surface area (Å²) < 4.78 is 0. The van der Waals surface area contributed by atoms with Gasteiger partial charge in [0.25, 0.3) is 0 Å². The van der Waals surface area contributed by atoms with E-state index < -0.39 is 0 Å². The van der Waals surface area contributed by atoms with Crippen LogP contribution in [0, 0.1) is 0 Å². The first-order chi connectivity index (χ1) is 6.42. The van der Waals surface area contributed by atoms with E-state index in [1.165, 1.54) is 0 Å². The fourth-order valence-electron chi connectivity index (χ4n) is 1.34. The summed E-state index contributed by atoms with van der Waals surface area (Å²) in [7, 11) is 0. The van der Waals surface area contributed by atoms with Crippen LogP contribution in [-0.2, 0) is 0 Å². The first-order valence-corrected chi connectivity index (χ1v) is 4.34. The molecular formula is C10H11N3. The maximum absolute atomic E-state index is 4.22. The molecular weight excluding hydrogens is 162 g/mol. The van der Waals surface area contributed by atoms with Crippen molar-refractivity contribution in [3.63, 3.8) is 0 Å². The summed E-state index contributed by atoms with van der Waals surface area (Å²) in [5.74, 6) is 0. The average Bonchev–Trinajstić information content (AvgIpc) is 2.19. The van der Waals surface area contributed by atoms with Crippen molar-refractivity contribution >= 4 is 16.6 Å². The Labute approximate surface area is 76.8 Å². The number of anilines is 1. The molecule has 13 heavy (non-hydrogen) atoms. The number of nitrogens with one attached hydrogen (secondary N) is 1. The van der Waals surface area contributed by atoms with Crippen LogP contribution in [0.2, 0.25) is 0 Å². The maximum Gasteiger partial charge on any atom is 0.0905 e. The van der Waals surface area contributed by atoms with E-state index in [-0.39, 0.29) is 0 Å². The van der Waals surface area contributed by atoms with E-state index in [2.05, 4.69) is 22.2 Å². The quantitative estimate of drug-likeness (QED) is 0.755. The van der Waals surface area contributed by atoms with Crippen LogP contribution in [0.3, 0.4) is 0 Å². The van der Waals surface area contributed by atoms with Crippen molar-refractivity contribution in [3.05, 3.63) is 30.7 Å². The lowest BCUT2D eigenvalue weighted by Crippen LogP contribution is -1.97. The van der Waals surface area contributed by atoms with Gasteiger partial charge < -0.3 is 5.32 Å². The number of pyridine rings is 2. The zero-order chi connectivity index (χ0) is 9.10. The van der Waals surface area contributed by atoms with E-state index in [1.807, 2.05) is 12.1 Å². The van der Waals surface area contributed by atoms with Crippen molar-refractivity contribution in [3.8, 4) is 0 Å². The van der Waals surface area contributed by atoms with Crippen LogP contribution in [-0.4, -0.2) is 16.5 Å². The molecule has 0 saturated carbocycles. The predicted molar refractivity (Wildman–Crippen MR) is 53.7 cm³/mol. The van der Waals surface area contributed by atoms with Gasteiger partial charge in [-0.25, -0.2) is 0 Å². The van der Waals surface area contributed by atoms with Crippen LogP contribution in [0.25, 0.3) is 10.9 Å². The van der Waals surface area contributed by atoms with E-state index >= 15 is 0 Å². The molecule has 0 amide bonds. The van der Waals surface area contributed by atoms with Crippen molar-refractivity contribution in [2.75, 3.05) is 11.9 Å². The third-order valence-corrected chi connectivity index (χ3v) is 1.91. The van der Waals surface area contributed by atoms with Crippen molar-refractivity contribution in [2.24, 2.45) is 0 Å². The van der Waals surface area contributed by atoms with Gasteiger partial charge in [-0.05, 0) is 19.1 Å². The smallest absolute Gasteiger partial charge is 0.0905 e. The van der Waals surface area contributed by atoms with E-state index in [0.29, 0.717) is 0 Å². The van der Waals surface area contributed by atoms with E-state index in [0.717, 1.165) is 23.1 Å². The van der Waals surface area contributed by atoms with Crippen molar-refractivity contribution < 1.29 is 0 Å². The van der Waals surface area contributed by atoms with Gasteiger partial charge in [-0.3, -0.25) is 9.97 Å². The Balaban J connectivity index is 2.61. The number of hydrogen-bond donors (Lipinski definition) is 1. The van der Waals surface area contributed by atoms with Crippen LogP contribution in [0.5, 0.6) is 0 Å². The molecule has 0 aliphatic carbocycles. The highest BCUT2D eigenvalue weighted by molar-refractivity contribution is 5.90. The Kier molecular flexibility index (Phi) is 2.08. The topological polar surface area (TPSA) is 37.8 Å². The van der Waals surface area contributed by atoms with Gasteiger partial charge in [-0.1, -0.05) is 0 Å². The summed E-state index contributed by atoms with van der Waals surface area (Å²) in [6, 6.07) is 3.95. The van der Waals surface area contributed by atoms with Crippen LogP contribution >= 0.6 is 0 Å². The molecule has 0 saturated heterocycles. The molecule has 2 rings (SSSR count). The Morgan fingerprint density at radius 3 is 3.08 bits per heavy atom. The molecule has 0 atom stereocenters. The molecule has 3 nitrogen and oxygen atoms in total. The van der Waals surface area contributed by atoms with Crippen LogP contribution < -0.4 is 5.32 Å². The lowest BCUT2D eigenvalue weighted by atomic mass is 10.2. The Bertz CT molecular complexity index is 406. The van der Waals surface area contributed by atoms with Gasteiger partial charge >= 0.3 is 0 Å². The van der Waals surface area contributed by atoms with Gasteiger partial charge in [0.1, 0.15) is 0 Å². The Hall–Kier alpha value is -1.64. The van der Waals surface area contributed by atoms with Gasteiger partial charge in [0.05, 0.1) is 11.7 Å². The molecule has 1 N–H and O–H groups in total.